The molecule has 0 aliphatic carbocycles. The maximum Gasteiger partial charge on any atom is 0.247 e. The lowest BCUT2D eigenvalue weighted by Crippen LogP contribution is -2.33. The quantitative estimate of drug-likeness (QED) is 0.242. The van der Waals surface area contributed by atoms with E-state index in [-0.39, 0.29) is 17.7 Å². The molecule has 1 saturated heterocycles. The molecule has 4 rings (SSSR count). The summed E-state index contributed by atoms with van der Waals surface area (Å²) in [6, 6.07) is 8.60. The van der Waals surface area contributed by atoms with Crippen molar-refractivity contribution in [3.05, 3.63) is 41.7 Å². The lowest BCUT2D eigenvalue weighted by atomic mass is 9.97. The molecule has 1 fully saturated rings. The van der Waals surface area contributed by atoms with Crippen LogP contribution in [0, 0.1) is 5.92 Å². The van der Waals surface area contributed by atoms with Crippen molar-refractivity contribution in [3.63, 3.8) is 0 Å². The number of fused-ring (bicyclic) bond motifs is 1. The number of nitrogens with two attached hydrogens (primary N) is 1. The van der Waals surface area contributed by atoms with Gasteiger partial charge in [0.05, 0.1) is 12.9 Å². The summed E-state index contributed by atoms with van der Waals surface area (Å²) < 4.78 is 7.03. The highest BCUT2D eigenvalue weighted by molar-refractivity contribution is 5.83. The van der Waals surface area contributed by atoms with Gasteiger partial charge >= 0.3 is 0 Å². The minimum Gasteiger partial charge on any atom is -0.394 e. The molecule has 0 amide bonds. The molecule has 0 radical (unpaired) electrons. The van der Waals surface area contributed by atoms with Gasteiger partial charge in [0.15, 0.2) is 17.7 Å². The standard InChI is InChI=1S/C23H31N7O4/c1-12(2)15-6-4-14(5-7-15)8-13(3)9-26-29-23-27-20(24)17-21(28-23)30(11-25-17)22-19(33)18(32)16(10-31)34-22/h4-7,9,11-13,16,18-19,22,31-33H,8,10H2,1-3H3,(H3,24,27,28,29)/b26-9+/t13?,16-,18-,19-,22-/m1/s1. The highest BCUT2D eigenvalue weighted by Crippen LogP contribution is 2.32. The number of aliphatic hydroxyl groups excluding tert-OH is 3. The van der Waals surface area contributed by atoms with Crippen molar-refractivity contribution in [2.24, 2.45) is 11.0 Å². The van der Waals surface area contributed by atoms with Crippen LogP contribution in [-0.2, 0) is 11.2 Å². The Labute approximate surface area is 197 Å². The fourth-order valence-electron chi connectivity index (χ4n) is 3.97. The minimum absolute atomic E-state index is 0.131. The van der Waals surface area contributed by atoms with E-state index in [1.807, 2.05) is 0 Å². The van der Waals surface area contributed by atoms with Gasteiger partial charge in [0, 0.05) is 6.21 Å². The first-order valence-electron chi connectivity index (χ1n) is 11.3. The molecular weight excluding hydrogens is 438 g/mol. The molecule has 1 unspecified atom stereocenters. The van der Waals surface area contributed by atoms with Crippen LogP contribution in [0.25, 0.3) is 11.2 Å². The number of hydrazone groups is 1. The topological polar surface area (TPSA) is 164 Å². The zero-order chi connectivity index (χ0) is 24.4. The van der Waals surface area contributed by atoms with Crippen LogP contribution in [-0.4, -0.2) is 66.0 Å². The first-order chi connectivity index (χ1) is 16.3. The monoisotopic (exact) mass is 469 g/mol. The number of nitrogens with zero attached hydrogens (tertiary/aromatic N) is 5. The molecule has 3 aromatic rings. The smallest absolute Gasteiger partial charge is 0.247 e. The van der Waals surface area contributed by atoms with Crippen LogP contribution < -0.4 is 11.2 Å². The Kier molecular flexibility index (Phi) is 7.08. The van der Waals surface area contributed by atoms with Crippen LogP contribution in [0.4, 0.5) is 11.8 Å². The molecule has 6 N–H and O–H groups in total. The number of hydrogen-bond acceptors (Lipinski definition) is 10. The molecule has 0 bridgehead atoms. The predicted molar refractivity (Wildman–Crippen MR) is 128 cm³/mol. The molecule has 2 aromatic heterocycles. The van der Waals surface area contributed by atoms with E-state index in [0.717, 1.165) is 6.42 Å². The first kappa shape index (κ1) is 24.0. The van der Waals surface area contributed by atoms with E-state index in [1.165, 1.54) is 22.0 Å². The zero-order valence-electron chi connectivity index (χ0n) is 19.4. The summed E-state index contributed by atoms with van der Waals surface area (Å²) in [6.07, 6.45) is -0.387. The summed E-state index contributed by atoms with van der Waals surface area (Å²) in [7, 11) is 0. The molecule has 182 valence electrons. The van der Waals surface area contributed by atoms with Crippen molar-refractivity contribution < 1.29 is 20.1 Å². The molecule has 3 heterocycles. The number of imidazole rings is 1. The molecule has 5 atom stereocenters. The summed E-state index contributed by atoms with van der Waals surface area (Å²) in [5.74, 6) is 0.959. The second-order valence-electron chi connectivity index (χ2n) is 8.95. The van der Waals surface area contributed by atoms with E-state index < -0.39 is 31.1 Å². The molecule has 1 aliphatic rings. The SMILES string of the molecule is CC(/C=N/Nc1nc(N)c2ncn([C@@H]3O[C@H](CO)[C@@H](O)[C@H]3O)c2n1)Cc1ccc(C(C)C)cc1. The molecule has 11 heteroatoms. The van der Waals surface area contributed by atoms with E-state index in [1.54, 1.807) is 6.21 Å². The number of benzene rings is 1. The number of nitrogens with one attached hydrogen (secondary N) is 1. The highest BCUT2D eigenvalue weighted by Gasteiger charge is 2.44. The lowest BCUT2D eigenvalue weighted by molar-refractivity contribution is -0.0511. The van der Waals surface area contributed by atoms with E-state index >= 15 is 0 Å². The predicted octanol–water partition coefficient (Wildman–Crippen LogP) is 1.42. The second-order valence-corrected chi connectivity index (χ2v) is 8.95. The van der Waals surface area contributed by atoms with Gasteiger partial charge in [-0.1, -0.05) is 45.0 Å². The van der Waals surface area contributed by atoms with Gasteiger partial charge < -0.3 is 25.8 Å². The molecule has 11 nitrogen and oxygen atoms in total. The Morgan fingerprint density at radius 3 is 2.56 bits per heavy atom. The van der Waals surface area contributed by atoms with Crippen LogP contribution in [0.3, 0.4) is 0 Å². The van der Waals surface area contributed by atoms with Crippen molar-refractivity contribution >= 4 is 29.1 Å². The molecule has 1 aliphatic heterocycles. The fourth-order valence-corrected chi connectivity index (χ4v) is 3.97. The van der Waals surface area contributed by atoms with Crippen molar-refractivity contribution in [1.82, 2.24) is 19.5 Å². The molecular formula is C23H31N7O4. The maximum absolute atomic E-state index is 10.3. The summed E-state index contributed by atoms with van der Waals surface area (Å²) >= 11 is 0. The van der Waals surface area contributed by atoms with E-state index in [4.69, 9.17) is 10.5 Å². The van der Waals surface area contributed by atoms with Crippen LogP contribution in [0.1, 0.15) is 44.0 Å². The van der Waals surface area contributed by atoms with Crippen LogP contribution >= 0.6 is 0 Å². The average molecular weight is 470 g/mol. The Balaban J connectivity index is 1.46. The van der Waals surface area contributed by atoms with Gasteiger partial charge in [-0.05, 0) is 29.4 Å². The number of hydrogen-bond donors (Lipinski definition) is 5. The van der Waals surface area contributed by atoms with Crippen molar-refractivity contribution in [3.8, 4) is 0 Å². The summed E-state index contributed by atoms with van der Waals surface area (Å²) in [4.78, 5) is 12.8. The largest absolute Gasteiger partial charge is 0.394 e. The molecule has 0 saturated carbocycles. The molecule has 0 spiro atoms. The second kappa shape index (κ2) is 10.0. The molecule has 1 aromatic carbocycles. The van der Waals surface area contributed by atoms with Gasteiger partial charge in [0.2, 0.25) is 5.95 Å². The third-order valence-corrected chi connectivity index (χ3v) is 5.94. The molecule has 34 heavy (non-hydrogen) atoms. The Hall–Kier alpha value is -3.12. The van der Waals surface area contributed by atoms with Crippen molar-refractivity contribution in [2.75, 3.05) is 17.8 Å². The lowest BCUT2D eigenvalue weighted by Gasteiger charge is -2.16. The number of ether oxygens (including phenoxy) is 1. The Morgan fingerprint density at radius 2 is 1.91 bits per heavy atom. The number of aromatic nitrogens is 4. The third kappa shape index (κ3) is 4.87. The first-order valence-corrected chi connectivity index (χ1v) is 11.3. The van der Waals surface area contributed by atoms with Crippen molar-refractivity contribution in [1.29, 1.82) is 0 Å². The Morgan fingerprint density at radius 1 is 1.18 bits per heavy atom. The number of anilines is 2. The average Bonchev–Trinajstić information content (AvgIpc) is 3.35. The Bertz CT molecular complexity index is 1150. The van der Waals surface area contributed by atoms with Gasteiger partial charge in [-0.25, -0.2) is 10.4 Å². The number of rotatable bonds is 8. The van der Waals surface area contributed by atoms with Crippen LogP contribution in [0.2, 0.25) is 0 Å². The van der Waals surface area contributed by atoms with Gasteiger partial charge in [-0.3, -0.25) is 4.57 Å². The van der Waals surface area contributed by atoms with Gasteiger partial charge in [0.1, 0.15) is 23.8 Å². The van der Waals surface area contributed by atoms with E-state index in [0.29, 0.717) is 17.1 Å². The van der Waals surface area contributed by atoms with Gasteiger partial charge in [-0.2, -0.15) is 15.1 Å². The fraction of sp³-hybridized carbons (Fsp3) is 0.478. The van der Waals surface area contributed by atoms with Crippen molar-refractivity contribution in [2.45, 2.75) is 57.6 Å². The van der Waals surface area contributed by atoms with Crippen LogP contribution in [0.15, 0.2) is 35.7 Å². The van der Waals surface area contributed by atoms with E-state index in [9.17, 15) is 15.3 Å². The van der Waals surface area contributed by atoms with Crippen LogP contribution in [0.5, 0.6) is 0 Å². The minimum atomic E-state index is -1.27. The summed E-state index contributed by atoms with van der Waals surface area (Å²) in [5.41, 5.74) is 12.0. The van der Waals surface area contributed by atoms with E-state index in [2.05, 4.69) is 70.5 Å². The highest BCUT2D eigenvalue weighted by atomic mass is 16.6. The third-order valence-electron chi connectivity index (χ3n) is 5.94. The number of aliphatic hydroxyl groups is 3. The normalized spacial score (nSPS) is 23.9. The zero-order valence-corrected chi connectivity index (χ0v) is 19.4. The number of nitrogen functional groups attached to an aromatic ring is 1. The van der Waals surface area contributed by atoms with Gasteiger partial charge in [-0.15, -0.1) is 0 Å². The maximum atomic E-state index is 10.3. The van der Waals surface area contributed by atoms with Gasteiger partial charge in [0.25, 0.3) is 0 Å². The summed E-state index contributed by atoms with van der Waals surface area (Å²) in [5, 5.41) is 34.0. The summed E-state index contributed by atoms with van der Waals surface area (Å²) in [6.45, 7) is 5.98.